The van der Waals surface area contributed by atoms with E-state index < -0.39 is 0 Å². The van der Waals surface area contributed by atoms with E-state index >= 15 is 0 Å². The summed E-state index contributed by atoms with van der Waals surface area (Å²) in [5.74, 6) is 0.838. The number of hydrogen-bond acceptors (Lipinski definition) is 4. The Morgan fingerprint density at radius 2 is 1.94 bits per heavy atom. The van der Waals surface area contributed by atoms with Gasteiger partial charge < -0.3 is 19.9 Å². The summed E-state index contributed by atoms with van der Waals surface area (Å²) in [7, 11) is 1.65. The molecule has 0 radical (unpaired) electrons. The number of ether oxygens (including phenoxy) is 3. The van der Waals surface area contributed by atoms with E-state index in [9.17, 15) is 0 Å². The fourth-order valence-corrected chi connectivity index (χ4v) is 1.78. The standard InChI is InChI=1S/C11H16INO3/c1-14-4-5-15-6-7-16-11-3-2-9(13)8-10(11)12/h2-3,8H,4-7,13H2,1H3. The normalized spacial score (nSPS) is 10.4. The van der Waals surface area contributed by atoms with Gasteiger partial charge in [-0.2, -0.15) is 0 Å². The minimum Gasteiger partial charge on any atom is -0.490 e. The average Bonchev–Trinajstić information content (AvgIpc) is 2.26. The van der Waals surface area contributed by atoms with Crippen molar-refractivity contribution in [3.05, 3.63) is 21.8 Å². The molecule has 0 saturated heterocycles. The van der Waals surface area contributed by atoms with Crippen molar-refractivity contribution in [2.24, 2.45) is 0 Å². The maximum absolute atomic E-state index is 5.64. The third-order valence-electron chi connectivity index (χ3n) is 1.87. The molecular weight excluding hydrogens is 321 g/mol. The monoisotopic (exact) mass is 337 g/mol. The van der Waals surface area contributed by atoms with Crippen molar-refractivity contribution in [1.82, 2.24) is 0 Å². The van der Waals surface area contributed by atoms with Gasteiger partial charge >= 0.3 is 0 Å². The van der Waals surface area contributed by atoms with Crippen LogP contribution < -0.4 is 10.5 Å². The molecular formula is C11H16INO3. The van der Waals surface area contributed by atoms with Crippen LogP contribution in [0.25, 0.3) is 0 Å². The molecule has 0 unspecified atom stereocenters. The highest BCUT2D eigenvalue weighted by Crippen LogP contribution is 2.22. The topological polar surface area (TPSA) is 53.7 Å². The number of nitrogens with two attached hydrogens (primary N) is 1. The molecule has 0 spiro atoms. The first-order valence-corrected chi connectivity index (χ1v) is 6.06. The van der Waals surface area contributed by atoms with Gasteiger partial charge in [-0.1, -0.05) is 0 Å². The summed E-state index contributed by atoms with van der Waals surface area (Å²) in [5, 5.41) is 0. The lowest BCUT2D eigenvalue weighted by molar-refractivity contribution is 0.0543. The van der Waals surface area contributed by atoms with Crippen LogP contribution in [-0.4, -0.2) is 33.5 Å². The zero-order chi connectivity index (χ0) is 11.8. The summed E-state index contributed by atoms with van der Waals surface area (Å²) in [6, 6.07) is 5.57. The van der Waals surface area contributed by atoms with Gasteiger partial charge in [0.1, 0.15) is 12.4 Å². The molecule has 5 heteroatoms. The predicted molar refractivity (Wildman–Crippen MR) is 71.8 cm³/mol. The Bertz CT molecular complexity index is 320. The number of anilines is 1. The largest absolute Gasteiger partial charge is 0.490 e. The fourth-order valence-electron chi connectivity index (χ4n) is 1.09. The fraction of sp³-hybridized carbons (Fsp3) is 0.455. The van der Waals surface area contributed by atoms with E-state index in [0.717, 1.165) is 15.0 Å². The first-order valence-electron chi connectivity index (χ1n) is 4.98. The van der Waals surface area contributed by atoms with Gasteiger partial charge in [-0.05, 0) is 40.8 Å². The molecule has 90 valence electrons. The third kappa shape index (κ3) is 5.00. The molecule has 0 aliphatic carbocycles. The SMILES string of the molecule is COCCOCCOc1ccc(N)cc1I. The van der Waals surface area contributed by atoms with E-state index in [1.165, 1.54) is 0 Å². The Kier molecular flexibility index (Phi) is 6.51. The molecule has 0 bridgehead atoms. The second-order valence-electron chi connectivity index (χ2n) is 3.14. The minimum absolute atomic E-state index is 0.531. The van der Waals surface area contributed by atoms with Crippen molar-refractivity contribution in [3.8, 4) is 5.75 Å². The molecule has 0 aliphatic rings. The lowest BCUT2D eigenvalue weighted by Gasteiger charge is -2.09. The maximum atomic E-state index is 5.64. The molecule has 0 aliphatic heterocycles. The van der Waals surface area contributed by atoms with E-state index in [0.29, 0.717) is 26.4 Å². The van der Waals surface area contributed by atoms with Crippen LogP contribution in [0.1, 0.15) is 0 Å². The number of methoxy groups -OCH3 is 1. The molecule has 0 aromatic heterocycles. The molecule has 1 aromatic carbocycles. The summed E-state index contributed by atoms with van der Waals surface area (Å²) in [6.45, 7) is 2.30. The lowest BCUT2D eigenvalue weighted by atomic mass is 10.3. The van der Waals surface area contributed by atoms with Gasteiger partial charge in [0, 0.05) is 12.8 Å². The predicted octanol–water partition coefficient (Wildman–Crippen LogP) is 1.92. The van der Waals surface area contributed by atoms with Crippen molar-refractivity contribution < 1.29 is 14.2 Å². The molecule has 0 saturated carbocycles. The van der Waals surface area contributed by atoms with E-state index in [2.05, 4.69) is 22.6 Å². The van der Waals surface area contributed by atoms with Gasteiger partial charge in [-0.25, -0.2) is 0 Å². The minimum atomic E-state index is 0.531. The van der Waals surface area contributed by atoms with Gasteiger partial charge in [0.2, 0.25) is 0 Å². The van der Waals surface area contributed by atoms with Crippen molar-refractivity contribution >= 4 is 28.3 Å². The van der Waals surface area contributed by atoms with Crippen LogP contribution in [0.4, 0.5) is 5.69 Å². The van der Waals surface area contributed by atoms with Gasteiger partial charge in [0.25, 0.3) is 0 Å². The number of rotatable bonds is 7. The Labute approximate surface area is 109 Å². The zero-order valence-electron chi connectivity index (χ0n) is 9.24. The first kappa shape index (κ1) is 13.5. The highest BCUT2D eigenvalue weighted by Gasteiger charge is 2.00. The number of benzene rings is 1. The van der Waals surface area contributed by atoms with E-state index in [1.807, 2.05) is 18.2 Å². The Morgan fingerprint density at radius 1 is 1.19 bits per heavy atom. The second kappa shape index (κ2) is 7.70. The molecule has 0 amide bonds. The summed E-state index contributed by atoms with van der Waals surface area (Å²) < 4.78 is 16.7. The summed E-state index contributed by atoms with van der Waals surface area (Å²) in [6.07, 6.45) is 0. The van der Waals surface area contributed by atoms with Crippen LogP contribution in [-0.2, 0) is 9.47 Å². The van der Waals surface area contributed by atoms with Gasteiger partial charge in [-0.15, -0.1) is 0 Å². The van der Waals surface area contributed by atoms with Crippen LogP contribution >= 0.6 is 22.6 Å². The average molecular weight is 337 g/mol. The van der Waals surface area contributed by atoms with E-state index in [4.69, 9.17) is 19.9 Å². The maximum Gasteiger partial charge on any atom is 0.132 e. The van der Waals surface area contributed by atoms with E-state index in [-0.39, 0.29) is 0 Å². The van der Waals surface area contributed by atoms with Crippen molar-refractivity contribution in [1.29, 1.82) is 0 Å². The first-order chi connectivity index (χ1) is 7.74. The molecule has 4 nitrogen and oxygen atoms in total. The van der Waals surface area contributed by atoms with Crippen molar-refractivity contribution in [3.63, 3.8) is 0 Å². The van der Waals surface area contributed by atoms with Gasteiger partial charge in [0.05, 0.1) is 23.4 Å². The molecule has 1 rings (SSSR count). The smallest absolute Gasteiger partial charge is 0.132 e. The highest BCUT2D eigenvalue weighted by molar-refractivity contribution is 14.1. The lowest BCUT2D eigenvalue weighted by Crippen LogP contribution is -2.10. The quantitative estimate of drug-likeness (QED) is 0.469. The summed E-state index contributed by atoms with van der Waals surface area (Å²) >= 11 is 2.19. The summed E-state index contributed by atoms with van der Waals surface area (Å²) in [5.41, 5.74) is 6.38. The number of halogens is 1. The number of nitrogen functional groups attached to an aromatic ring is 1. The van der Waals surface area contributed by atoms with Crippen LogP contribution in [0, 0.1) is 3.57 Å². The van der Waals surface area contributed by atoms with Crippen LogP contribution in [0.3, 0.4) is 0 Å². The molecule has 1 aromatic rings. The van der Waals surface area contributed by atoms with Crippen LogP contribution in [0.15, 0.2) is 18.2 Å². The molecule has 0 heterocycles. The summed E-state index contributed by atoms with van der Waals surface area (Å²) in [4.78, 5) is 0. The van der Waals surface area contributed by atoms with E-state index in [1.54, 1.807) is 7.11 Å². The van der Waals surface area contributed by atoms with Crippen LogP contribution in [0.2, 0.25) is 0 Å². The Hall–Kier alpha value is -0.530. The zero-order valence-corrected chi connectivity index (χ0v) is 11.4. The van der Waals surface area contributed by atoms with Crippen LogP contribution in [0.5, 0.6) is 5.75 Å². The molecule has 0 atom stereocenters. The molecule has 2 N–H and O–H groups in total. The second-order valence-corrected chi connectivity index (χ2v) is 4.31. The number of hydrogen-bond donors (Lipinski definition) is 1. The third-order valence-corrected chi connectivity index (χ3v) is 2.72. The van der Waals surface area contributed by atoms with Gasteiger partial charge in [-0.3, -0.25) is 0 Å². The van der Waals surface area contributed by atoms with Crippen molar-refractivity contribution in [2.75, 3.05) is 39.3 Å². The molecule has 16 heavy (non-hydrogen) atoms. The Morgan fingerprint density at radius 3 is 2.62 bits per heavy atom. The molecule has 0 fully saturated rings. The highest BCUT2D eigenvalue weighted by atomic mass is 127. The van der Waals surface area contributed by atoms with Gasteiger partial charge in [0.15, 0.2) is 0 Å². The Balaban J connectivity index is 2.21. The van der Waals surface area contributed by atoms with Crippen molar-refractivity contribution in [2.45, 2.75) is 0 Å².